The lowest BCUT2D eigenvalue weighted by molar-refractivity contribution is -0.137. The summed E-state index contributed by atoms with van der Waals surface area (Å²) >= 11 is 11.5. The van der Waals surface area contributed by atoms with E-state index in [4.69, 9.17) is 27.9 Å². The van der Waals surface area contributed by atoms with Crippen molar-refractivity contribution in [2.75, 3.05) is 17.2 Å². The first-order valence-corrected chi connectivity index (χ1v) is 9.18. The van der Waals surface area contributed by atoms with Gasteiger partial charge in [-0.15, -0.1) is 0 Å². The van der Waals surface area contributed by atoms with E-state index in [0.717, 1.165) is 12.1 Å². The molecule has 2 amide bonds. The lowest BCUT2D eigenvalue weighted by Crippen LogP contribution is -2.27. The molecule has 0 bridgehead atoms. The standard InChI is InChI=1S/C18H14Cl2F3N3O3/c19-14-6-4-10(15(20)26-14)16(27)25-12-5-3-9(8-11(12)18(21,22)23)24-17(28)13-2-1-7-29-13/h3-6,8,13H,1-2,7H2,(H,24,28)(H,25,27). The minimum atomic E-state index is -4.78. The number of alkyl halides is 3. The molecular weight excluding hydrogens is 434 g/mol. The Morgan fingerprint density at radius 1 is 1.14 bits per heavy atom. The SMILES string of the molecule is O=C(Nc1ccc(NC(=O)C2CCCO2)cc1C(F)(F)F)c1ccc(Cl)nc1Cl. The molecule has 6 nitrogen and oxygen atoms in total. The number of benzene rings is 1. The maximum Gasteiger partial charge on any atom is 0.418 e. The van der Waals surface area contributed by atoms with Crippen molar-refractivity contribution >= 4 is 46.4 Å². The van der Waals surface area contributed by atoms with Crippen LogP contribution in [0.3, 0.4) is 0 Å². The van der Waals surface area contributed by atoms with Gasteiger partial charge in [0.2, 0.25) is 0 Å². The van der Waals surface area contributed by atoms with E-state index in [1.54, 1.807) is 0 Å². The monoisotopic (exact) mass is 447 g/mol. The molecule has 1 saturated heterocycles. The normalized spacial score (nSPS) is 16.5. The van der Waals surface area contributed by atoms with Crippen molar-refractivity contribution in [3.05, 3.63) is 51.8 Å². The number of hydrogen-bond acceptors (Lipinski definition) is 4. The Morgan fingerprint density at radius 3 is 2.52 bits per heavy atom. The summed E-state index contributed by atoms with van der Waals surface area (Å²) in [6.07, 6.45) is -4.26. The molecule has 3 rings (SSSR count). The zero-order valence-corrected chi connectivity index (χ0v) is 16.2. The highest BCUT2D eigenvalue weighted by Crippen LogP contribution is 2.37. The Bertz CT molecular complexity index is 948. The minimum absolute atomic E-state index is 0.0360. The first-order valence-electron chi connectivity index (χ1n) is 8.42. The summed E-state index contributed by atoms with van der Waals surface area (Å²) in [5.41, 5.74) is -1.83. The average molecular weight is 448 g/mol. The van der Waals surface area contributed by atoms with Gasteiger partial charge in [0.1, 0.15) is 16.4 Å². The van der Waals surface area contributed by atoms with Crippen molar-refractivity contribution in [2.45, 2.75) is 25.1 Å². The maximum absolute atomic E-state index is 13.5. The van der Waals surface area contributed by atoms with Crippen LogP contribution < -0.4 is 10.6 Å². The topological polar surface area (TPSA) is 80.3 Å². The second-order valence-corrected chi connectivity index (χ2v) is 6.92. The van der Waals surface area contributed by atoms with Crippen LogP contribution in [0.5, 0.6) is 0 Å². The van der Waals surface area contributed by atoms with E-state index in [-0.39, 0.29) is 21.6 Å². The fraction of sp³-hybridized carbons (Fsp3) is 0.278. The fourth-order valence-corrected chi connectivity index (χ4v) is 3.17. The van der Waals surface area contributed by atoms with Crippen LogP contribution >= 0.6 is 23.2 Å². The van der Waals surface area contributed by atoms with Gasteiger partial charge in [-0.25, -0.2) is 4.98 Å². The van der Waals surface area contributed by atoms with Gasteiger partial charge in [-0.3, -0.25) is 9.59 Å². The molecule has 0 aliphatic carbocycles. The predicted molar refractivity (Wildman–Crippen MR) is 101 cm³/mol. The van der Waals surface area contributed by atoms with Crippen molar-refractivity contribution in [1.82, 2.24) is 4.98 Å². The summed E-state index contributed by atoms with van der Waals surface area (Å²) in [5, 5.41) is 4.36. The van der Waals surface area contributed by atoms with Crippen molar-refractivity contribution in [1.29, 1.82) is 0 Å². The highest BCUT2D eigenvalue weighted by molar-refractivity contribution is 6.35. The molecule has 11 heteroatoms. The van der Waals surface area contributed by atoms with Crippen LogP contribution in [0.15, 0.2) is 30.3 Å². The van der Waals surface area contributed by atoms with Gasteiger partial charge in [-0.05, 0) is 43.2 Å². The number of hydrogen-bond donors (Lipinski definition) is 2. The van der Waals surface area contributed by atoms with Gasteiger partial charge in [0.25, 0.3) is 11.8 Å². The van der Waals surface area contributed by atoms with Crippen molar-refractivity contribution in [3.8, 4) is 0 Å². The third-order valence-electron chi connectivity index (χ3n) is 4.12. The summed E-state index contributed by atoms with van der Waals surface area (Å²) in [4.78, 5) is 28.1. The number of aromatic nitrogens is 1. The number of ether oxygens (including phenoxy) is 1. The molecule has 2 heterocycles. The lowest BCUT2D eigenvalue weighted by atomic mass is 10.1. The van der Waals surface area contributed by atoms with Crippen LogP contribution in [-0.4, -0.2) is 29.5 Å². The molecule has 29 heavy (non-hydrogen) atoms. The van der Waals surface area contributed by atoms with E-state index in [1.807, 2.05) is 0 Å². The largest absolute Gasteiger partial charge is 0.418 e. The molecule has 0 saturated carbocycles. The second kappa shape index (κ2) is 8.56. The van der Waals surface area contributed by atoms with Crippen LogP contribution in [-0.2, 0) is 15.7 Å². The Labute approximate surface area is 173 Å². The third kappa shape index (κ3) is 5.17. The number of amides is 2. The van der Waals surface area contributed by atoms with Gasteiger partial charge in [-0.1, -0.05) is 23.2 Å². The van der Waals surface area contributed by atoms with Crippen molar-refractivity contribution < 1.29 is 27.5 Å². The van der Waals surface area contributed by atoms with E-state index in [1.165, 1.54) is 18.2 Å². The van der Waals surface area contributed by atoms with E-state index in [0.29, 0.717) is 19.4 Å². The van der Waals surface area contributed by atoms with Gasteiger partial charge in [0, 0.05) is 12.3 Å². The molecule has 1 aromatic heterocycles. The number of pyridine rings is 1. The third-order valence-corrected chi connectivity index (χ3v) is 4.62. The Morgan fingerprint density at radius 2 is 1.90 bits per heavy atom. The number of rotatable bonds is 4. The molecule has 1 aliphatic rings. The van der Waals surface area contributed by atoms with E-state index in [2.05, 4.69) is 15.6 Å². The van der Waals surface area contributed by atoms with Crippen LogP contribution in [0.1, 0.15) is 28.8 Å². The molecular formula is C18H14Cl2F3N3O3. The zero-order valence-electron chi connectivity index (χ0n) is 14.6. The first kappa shape index (κ1) is 21.4. The summed E-state index contributed by atoms with van der Waals surface area (Å²) < 4.78 is 45.7. The van der Waals surface area contributed by atoms with Gasteiger partial charge >= 0.3 is 6.18 Å². The molecule has 1 unspecified atom stereocenters. The first-order chi connectivity index (χ1) is 13.6. The molecule has 0 radical (unpaired) electrons. The highest BCUT2D eigenvalue weighted by Gasteiger charge is 2.35. The van der Waals surface area contributed by atoms with Crippen LogP contribution in [0, 0.1) is 0 Å². The Hall–Kier alpha value is -2.36. The van der Waals surface area contributed by atoms with Crippen molar-refractivity contribution in [2.24, 2.45) is 0 Å². The number of carbonyl (C=O) groups excluding carboxylic acids is 2. The van der Waals surface area contributed by atoms with Gasteiger partial charge in [-0.2, -0.15) is 13.2 Å². The lowest BCUT2D eigenvalue weighted by Gasteiger charge is -2.17. The molecule has 1 atom stereocenters. The highest BCUT2D eigenvalue weighted by atomic mass is 35.5. The predicted octanol–water partition coefficient (Wildman–Crippen LogP) is 4.78. The number of halogens is 5. The van der Waals surface area contributed by atoms with Crippen molar-refractivity contribution in [3.63, 3.8) is 0 Å². The van der Waals surface area contributed by atoms with Crippen LogP contribution in [0.4, 0.5) is 24.5 Å². The minimum Gasteiger partial charge on any atom is -0.368 e. The number of carbonyl (C=O) groups is 2. The molecule has 1 aliphatic heterocycles. The Balaban J connectivity index is 1.84. The summed E-state index contributed by atoms with van der Waals surface area (Å²) in [6, 6.07) is 5.57. The smallest absolute Gasteiger partial charge is 0.368 e. The molecule has 2 aromatic rings. The van der Waals surface area contributed by atoms with E-state index in [9.17, 15) is 22.8 Å². The summed E-state index contributed by atoms with van der Waals surface area (Å²) in [5.74, 6) is -1.41. The molecule has 154 valence electrons. The van der Waals surface area contributed by atoms with Gasteiger partial charge in [0.05, 0.1) is 16.8 Å². The molecule has 1 fully saturated rings. The van der Waals surface area contributed by atoms with E-state index >= 15 is 0 Å². The summed E-state index contributed by atoms with van der Waals surface area (Å²) in [6.45, 7) is 0.430. The average Bonchev–Trinajstić information content (AvgIpc) is 3.16. The zero-order chi connectivity index (χ0) is 21.2. The molecule has 1 aromatic carbocycles. The number of nitrogens with zero attached hydrogens (tertiary/aromatic N) is 1. The number of anilines is 2. The van der Waals surface area contributed by atoms with E-state index < -0.39 is 35.3 Å². The van der Waals surface area contributed by atoms with Gasteiger partial charge < -0.3 is 15.4 Å². The maximum atomic E-state index is 13.5. The molecule has 0 spiro atoms. The van der Waals surface area contributed by atoms with Crippen LogP contribution in [0.2, 0.25) is 10.3 Å². The summed E-state index contributed by atoms with van der Waals surface area (Å²) in [7, 11) is 0. The molecule has 2 N–H and O–H groups in total. The van der Waals surface area contributed by atoms with Gasteiger partial charge in [0.15, 0.2) is 0 Å². The second-order valence-electron chi connectivity index (χ2n) is 6.18. The van der Waals surface area contributed by atoms with Crippen LogP contribution in [0.25, 0.3) is 0 Å². The fourth-order valence-electron chi connectivity index (χ4n) is 2.74. The Kier molecular flexibility index (Phi) is 6.30. The number of nitrogens with one attached hydrogen (secondary N) is 2. The quantitative estimate of drug-likeness (QED) is 0.661.